The third-order valence-electron chi connectivity index (χ3n) is 5.95. The highest BCUT2D eigenvalue weighted by molar-refractivity contribution is 7.90. The average Bonchev–Trinajstić information content (AvgIpc) is 2.83. The van der Waals surface area contributed by atoms with Crippen LogP contribution in [-0.4, -0.2) is 57.7 Å². The van der Waals surface area contributed by atoms with E-state index in [-0.39, 0.29) is 17.4 Å². The van der Waals surface area contributed by atoms with E-state index >= 15 is 0 Å². The molecule has 0 radical (unpaired) electrons. The summed E-state index contributed by atoms with van der Waals surface area (Å²) in [5, 5.41) is 23.5. The van der Waals surface area contributed by atoms with Gasteiger partial charge in [0, 0.05) is 19.1 Å². The summed E-state index contributed by atoms with van der Waals surface area (Å²) in [6.45, 7) is 5.76. The second-order valence-electron chi connectivity index (χ2n) is 8.66. The van der Waals surface area contributed by atoms with Crippen LogP contribution in [0, 0.1) is 26.2 Å². The van der Waals surface area contributed by atoms with Crippen molar-refractivity contribution in [1.29, 1.82) is 5.41 Å². The molecule has 0 bridgehead atoms. The Balaban J connectivity index is 1.78. The zero-order valence-electron chi connectivity index (χ0n) is 21.2. The number of methoxy groups -OCH3 is 1. The zero-order chi connectivity index (χ0) is 26.9. The maximum Gasteiger partial charge on any atom is 0.264 e. The van der Waals surface area contributed by atoms with Gasteiger partial charge in [-0.1, -0.05) is 30.3 Å². The first-order valence-electron chi connectivity index (χ1n) is 11.7. The number of carbonyl (C=O) groups excluding carboxylic acids is 1. The van der Waals surface area contributed by atoms with Crippen molar-refractivity contribution in [1.82, 2.24) is 15.4 Å². The van der Waals surface area contributed by atoms with Crippen LogP contribution >= 0.6 is 0 Å². The number of hydrogen-bond donors (Lipinski definition) is 6. The number of sulfonamides is 1. The number of hydrogen-bond acceptors (Lipinski definition) is 7. The number of nitrogens with one attached hydrogen (secondary N) is 4. The molecule has 0 fully saturated rings. The molecule has 2 rings (SSSR count). The molecule has 1 amide bonds. The molecule has 1 unspecified atom stereocenters. The molecule has 0 aliphatic rings. The molecule has 2 aromatic rings. The van der Waals surface area contributed by atoms with Gasteiger partial charge in [-0.3, -0.25) is 10.2 Å². The molecule has 0 aliphatic heterocycles. The average molecular weight is 520 g/mol. The number of aryl methyl sites for hydroxylation is 1. The van der Waals surface area contributed by atoms with Gasteiger partial charge in [0.25, 0.3) is 10.0 Å². The Labute approximate surface area is 213 Å². The number of guanidine groups is 1. The quantitative estimate of drug-likeness (QED) is 0.139. The number of carbonyl (C=O) groups is 1. The van der Waals surface area contributed by atoms with Crippen LogP contribution in [0.2, 0.25) is 0 Å². The van der Waals surface area contributed by atoms with Crippen LogP contribution in [0.25, 0.3) is 0 Å². The Morgan fingerprint density at radius 2 is 1.78 bits per heavy atom. The molecule has 2 atom stereocenters. The van der Waals surface area contributed by atoms with E-state index in [1.54, 1.807) is 26.8 Å². The van der Waals surface area contributed by atoms with Gasteiger partial charge in [0.1, 0.15) is 11.9 Å². The Hall–Kier alpha value is -3.15. The topological polar surface area (TPSA) is 167 Å². The number of ether oxygens (including phenoxy) is 1. The standard InChI is InChI=1S/C25H37N5O5S/c1-16-15-21(35-4)17(2)18(3)23(16)36(33,34)30-25(27)29-13-8-11-20(26)22(31)24(32)28-14-12-19-9-6-5-7-10-19/h5-7,9-10,15,20,22,31H,8,11-14,26H2,1-4H3,(H,28,32)(H3,27,29,30)/t20-,22?/m0/s1. The summed E-state index contributed by atoms with van der Waals surface area (Å²) in [7, 11) is -2.46. The maximum atomic E-state index is 12.9. The largest absolute Gasteiger partial charge is 0.496 e. The van der Waals surface area contributed by atoms with Gasteiger partial charge >= 0.3 is 0 Å². The van der Waals surface area contributed by atoms with Crippen LogP contribution in [-0.2, 0) is 21.2 Å². The monoisotopic (exact) mass is 519 g/mol. The zero-order valence-corrected chi connectivity index (χ0v) is 22.0. The van der Waals surface area contributed by atoms with Crippen LogP contribution in [0.15, 0.2) is 41.3 Å². The summed E-state index contributed by atoms with van der Waals surface area (Å²) in [4.78, 5) is 12.3. The Kier molecular flexibility index (Phi) is 10.7. The van der Waals surface area contributed by atoms with E-state index in [9.17, 15) is 18.3 Å². The highest BCUT2D eigenvalue weighted by atomic mass is 32.2. The number of amides is 1. The second-order valence-corrected chi connectivity index (χ2v) is 10.3. The molecule has 0 aromatic heterocycles. The second kappa shape index (κ2) is 13.2. The van der Waals surface area contributed by atoms with Crippen molar-refractivity contribution in [2.24, 2.45) is 5.73 Å². The highest BCUT2D eigenvalue weighted by Crippen LogP contribution is 2.30. The fourth-order valence-electron chi connectivity index (χ4n) is 3.85. The summed E-state index contributed by atoms with van der Waals surface area (Å²) in [6, 6.07) is 10.5. The van der Waals surface area contributed by atoms with Crippen LogP contribution in [0.1, 0.15) is 35.1 Å². The molecule has 0 spiro atoms. The molecule has 0 heterocycles. The summed E-state index contributed by atoms with van der Waals surface area (Å²) in [5.74, 6) is -0.317. The number of aliphatic hydroxyl groups is 1. The number of aliphatic hydroxyl groups excluding tert-OH is 1. The number of nitrogens with two attached hydrogens (primary N) is 1. The third kappa shape index (κ3) is 7.94. The van der Waals surface area contributed by atoms with Crippen molar-refractivity contribution >= 4 is 21.9 Å². The number of rotatable bonds is 12. The molecule has 11 heteroatoms. The number of benzene rings is 2. The molecule has 198 valence electrons. The Morgan fingerprint density at radius 1 is 1.11 bits per heavy atom. The first kappa shape index (κ1) is 29.1. The van der Waals surface area contributed by atoms with Crippen molar-refractivity contribution in [2.75, 3.05) is 20.2 Å². The lowest BCUT2D eigenvalue weighted by atomic mass is 10.1. The smallest absolute Gasteiger partial charge is 0.264 e. The predicted octanol–water partition coefficient (Wildman–Crippen LogP) is 1.25. The van der Waals surface area contributed by atoms with Crippen LogP contribution in [0.3, 0.4) is 0 Å². The first-order chi connectivity index (χ1) is 17.0. The van der Waals surface area contributed by atoms with Gasteiger partial charge in [0.2, 0.25) is 11.9 Å². The van der Waals surface area contributed by atoms with Crippen molar-refractivity contribution in [3.63, 3.8) is 0 Å². The van der Waals surface area contributed by atoms with Gasteiger partial charge in [-0.05, 0) is 68.4 Å². The summed E-state index contributed by atoms with van der Waals surface area (Å²) < 4.78 is 33.3. The molecule has 2 aromatic carbocycles. The van der Waals surface area contributed by atoms with Crippen molar-refractivity contribution in [2.45, 2.75) is 57.1 Å². The van der Waals surface area contributed by atoms with E-state index < -0.39 is 28.1 Å². The Bertz CT molecular complexity index is 1160. The summed E-state index contributed by atoms with van der Waals surface area (Å²) in [6.07, 6.45) is 0.00390. The van der Waals surface area contributed by atoms with Crippen molar-refractivity contribution < 1.29 is 23.1 Å². The maximum absolute atomic E-state index is 12.9. The summed E-state index contributed by atoms with van der Waals surface area (Å²) >= 11 is 0. The van der Waals surface area contributed by atoms with E-state index in [2.05, 4.69) is 15.4 Å². The fraction of sp³-hybridized carbons (Fsp3) is 0.440. The van der Waals surface area contributed by atoms with Gasteiger partial charge in [-0.15, -0.1) is 0 Å². The van der Waals surface area contributed by atoms with Crippen molar-refractivity contribution in [3.8, 4) is 5.75 Å². The van der Waals surface area contributed by atoms with E-state index in [1.807, 2.05) is 30.3 Å². The molecular weight excluding hydrogens is 482 g/mol. The first-order valence-corrected chi connectivity index (χ1v) is 13.2. The van der Waals surface area contributed by atoms with E-state index in [4.69, 9.17) is 15.9 Å². The molecule has 0 saturated carbocycles. The van der Waals surface area contributed by atoms with E-state index in [0.29, 0.717) is 48.2 Å². The van der Waals surface area contributed by atoms with Gasteiger partial charge in [-0.25, -0.2) is 13.1 Å². The molecular formula is C25H37N5O5S. The normalized spacial score (nSPS) is 12.9. The lowest BCUT2D eigenvalue weighted by Crippen LogP contribution is -2.47. The van der Waals surface area contributed by atoms with Crippen LogP contribution in [0.4, 0.5) is 0 Å². The van der Waals surface area contributed by atoms with Gasteiger partial charge in [0.15, 0.2) is 0 Å². The fourth-order valence-corrected chi connectivity index (χ4v) is 5.33. The minimum Gasteiger partial charge on any atom is -0.496 e. The lowest BCUT2D eigenvalue weighted by molar-refractivity contribution is -0.130. The highest BCUT2D eigenvalue weighted by Gasteiger charge is 2.24. The van der Waals surface area contributed by atoms with E-state index in [1.165, 1.54) is 7.11 Å². The van der Waals surface area contributed by atoms with Gasteiger partial charge < -0.3 is 26.2 Å². The van der Waals surface area contributed by atoms with Gasteiger partial charge in [0.05, 0.1) is 12.0 Å². The SMILES string of the molecule is COc1cc(C)c(S(=O)(=O)NC(=N)NCCC[C@H](N)C(O)C(=O)NCCc2ccccc2)c(C)c1C. The minimum atomic E-state index is -3.99. The molecule has 0 aliphatic carbocycles. The Morgan fingerprint density at radius 3 is 2.42 bits per heavy atom. The minimum absolute atomic E-state index is 0.107. The lowest BCUT2D eigenvalue weighted by Gasteiger charge is -2.19. The van der Waals surface area contributed by atoms with Crippen LogP contribution < -0.4 is 25.8 Å². The molecule has 10 nitrogen and oxygen atoms in total. The molecule has 0 saturated heterocycles. The van der Waals surface area contributed by atoms with E-state index in [0.717, 1.165) is 5.56 Å². The third-order valence-corrected chi connectivity index (χ3v) is 7.59. The predicted molar refractivity (Wildman–Crippen MR) is 140 cm³/mol. The van der Waals surface area contributed by atoms with Crippen LogP contribution in [0.5, 0.6) is 5.75 Å². The molecule has 7 N–H and O–H groups in total. The summed E-state index contributed by atoms with van der Waals surface area (Å²) in [5.41, 5.74) is 8.80. The van der Waals surface area contributed by atoms with Crippen molar-refractivity contribution in [3.05, 3.63) is 58.7 Å². The van der Waals surface area contributed by atoms with Gasteiger partial charge in [-0.2, -0.15) is 0 Å². The molecule has 36 heavy (non-hydrogen) atoms.